The van der Waals surface area contributed by atoms with E-state index in [9.17, 15) is 8.42 Å². The summed E-state index contributed by atoms with van der Waals surface area (Å²) in [4.78, 5) is 0.174. The molecule has 2 nitrogen and oxygen atoms in total. The van der Waals surface area contributed by atoms with Crippen LogP contribution >= 0.6 is 23.2 Å². The van der Waals surface area contributed by atoms with Crippen LogP contribution in [-0.4, -0.2) is 14.2 Å². The van der Waals surface area contributed by atoms with Crippen molar-refractivity contribution in [2.24, 2.45) is 0 Å². The van der Waals surface area contributed by atoms with E-state index >= 15 is 0 Å². The molecule has 1 aromatic carbocycles. The van der Waals surface area contributed by atoms with E-state index in [-0.39, 0.29) is 10.6 Å². The maximum atomic E-state index is 11.4. The quantitative estimate of drug-likeness (QED) is 0.795. The molecule has 0 spiro atoms. The molecule has 0 aliphatic heterocycles. The van der Waals surface area contributed by atoms with Gasteiger partial charge in [0, 0.05) is 10.0 Å². The molecule has 0 aliphatic carbocycles. The van der Waals surface area contributed by atoms with Crippen LogP contribution in [0.15, 0.2) is 23.1 Å². The third kappa shape index (κ3) is 2.59. The maximum absolute atomic E-state index is 11.4. The molecule has 0 fully saturated rings. The van der Waals surface area contributed by atoms with Crippen LogP contribution in [0.3, 0.4) is 0 Å². The Morgan fingerprint density at radius 2 is 1.62 bits per heavy atom. The lowest BCUT2D eigenvalue weighted by Crippen LogP contribution is -2.03. The number of hydrogen-bond acceptors (Lipinski definition) is 2. The van der Waals surface area contributed by atoms with E-state index < -0.39 is 9.84 Å². The molecule has 0 saturated heterocycles. The average Bonchev–Trinajstić information content (AvgIpc) is 2.02. The van der Waals surface area contributed by atoms with Gasteiger partial charge < -0.3 is 0 Å². The Morgan fingerprint density at radius 3 is 2.00 bits per heavy atom. The Labute approximate surface area is 87.4 Å². The number of rotatable bonds is 2. The second-order valence-electron chi connectivity index (χ2n) is 2.51. The van der Waals surface area contributed by atoms with Crippen molar-refractivity contribution in [3.8, 4) is 0 Å². The fourth-order valence-electron chi connectivity index (χ4n) is 0.875. The Morgan fingerprint density at radius 1 is 1.15 bits per heavy atom. The highest BCUT2D eigenvalue weighted by Crippen LogP contribution is 2.22. The first-order chi connectivity index (χ1) is 5.95. The summed E-state index contributed by atoms with van der Waals surface area (Å²) in [6.07, 6.45) is 0. The molecule has 5 heteroatoms. The average molecular weight is 239 g/mol. The zero-order valence-corrected chi connectivity index (χ0v) is 9.25. The summed E-state index contributed by atoms with van der Waals surface area (Å²) in [7, 11) is -3.21. The van der Waals surface area contributed by atoms with Gasteiger partial charge in [-0.25, -0.2) is 8.42 Å². The number of benzene rings is 1. The van der Waals surface area contributed by atoms with Crippen molar-refractivity contribution in [1.29, 1.82) is 0 Å². The molecule has 0 radical (unpaired) electrons. The van der Waals surface area contributed by atoms with Crippen molar-refractivity contribution >= 4 is 33.0 Å². The molecule has 0 heterocycles. The molecule has 0 bridgehead atoms. The van der Waals surface area contributed by atoms with Gasteiger partial charge in [0.2, 0.25) is 0 Å². The van der Waals surface area contributed by atoms with Gasteiger partial charge in [0.1, 0.15) is 0 Å². The van der Waals surface area contributed by atoms with E-state index in [0.717, 1.165) is 0 Å². The minimum absolute atomic E-state index is 0.0453. The molecular formula is C8H8Cl2O2S. The molecule has 0 atom stereocenters. The van der Waals surface area contributed by atoms with Crippen LogP contribution in [-0.2, 0) is 9.84 Å². The highest BCUT2D eigenvalue weighted by Gasteiger charge is 2.12. The molecule has 13 heavy (non-hydrogen) atoms. The lowest BCUT2D eigenvalue weighted by atomic mass is 10.4. The van der Waals surface area contributed by atoms with Gasteiger partial charge in [0.05, 0.1) is 10.6 Å². The SMILES string of the molecule is CCS(=O)(=O)c1cc(Cl)cc(Cl)c1. The van der Waals surface area contributed by atoms with Crippen LogP contribution in [0.25, 0.3) is 0 Å². The zero-order valence-electron chi connectivity index (χ0n) is 6.92. The Balaban J connectivity index is 3.32. The summed E-state index contributed by atoms with van der Waals surface area (Å²) in [5, 5.41) is 0.666. The molecule has 0 aliphatic rings. The molecule has 0 unspecified atom stereocenters. The number of hydrogen-bond donors (Lipinski definition) is 0. The largest absolute Gasteiger partial charge is 0.224 e. The predicted molar refractivity (Wildman–Crippen MR) is 54.2 cm³/mol. The molecule has 1 rings (SSSR count). The van der Waals surface area contributed by atoms with Gasteiger partial charge >= 0.3 is 0 Å². The monoisotopic (exact) mass is 238 g/mol. The summed E-state index contributed by atoms with van der Waals surface area (Å²) in [6, 6.07) is 4.29. The zero-order chi connectivity index (χ0) is 10.1. The van der Waals surface area contributed by atoms with Crippen molar-refractivity contribution < 1.29 is 8.42 Å². The number of halogens is 2. The summed E-state index contributed by atoms with van der Waals surface area (Å²) >= 11 is 11.3. The standard InChI is InChI=1S/C8H8Cl2O2S/c1-2-13(11,12)8-4-6(9)3-7(10)5-8/h3-5H,2H2,1H3. The van der Waals surface area contributed by atoms with E-state index in [1.165, 1.54) is 18.2 Å². The lowest BCUT2D eigenvalue weighted by Gasteiger charge is -2.02. The summed E-state index contributed by atoms with van der Waals surface area (Å²) in [5.74, 6) is 0.0453. The summed E-state index contributed by atoms with van der Waals surface area (Å²) in [5.41, 5.74) is 0. The fraction of sp³-hybridized carbons (Fsp3) is 0.250. The van der Waals surface area contributed by atoms with E-state index in [4.69, 9.17) is 23.2 Å². The normalized spacial score (nSPS) is 11.6. The smallest absolute Gasteiger partial charge is 0.178 e. The van der Waals surface area contributed by atoms with Crippen molar-refractivity contribution in [2.45, 2.75) is 11.8 Å². The van der Waals surface area contributed by atoms with Gasteiger partial charge in [-0.3, -0.25) is 0 Å². The van der Waals surface area contributed by atoms with Gasteiger partial charge in [-0.15, -0.1) is 0 Å². The van der Waals surface area contributed by atoms with Crippen LogP contribution in [0.1, 0.15) is 6.92 Å². The van der Waals surface area contributed by atoms with Crippen molar-refractivity contribution in [3.05, 3.63) is 28.2 Å². The maximum Gasteiger partial charge on any atom is 0.178 e. The first kappa shape index (κ1) is 10.8. The van der Waals surface area contributed by atoms with Gasteiger partial charge in [0.15, 0.2) is 9.84 Å². The van der Waals surface area contributed by atoms with Crippen LogP contribution in [0.5, 0.6) is 0 Å². The first-order valence-electron chi connectivity index (χ1n) is 3.64. The third-order valence-electron chi connectivity index (χ3n) is 1.58. The van der Waals surface area contributed by atoms with Crippen molar-refractivity contribution in [3.63, 3.8) is 0 Å². The predicted octanol–water partition coefficient (Wildman–Crippen LogP) is 2.79. The number of sulfone groups is 1. The highest BCUT2D eigenvalue weighted by molar-refractivity contribution is 7.91. The van der Waals surface area contributed by atoms with Crippen LogP contribution in [0, 0.1) is 0 Å². The molecule has 0 saturated carbocycles. The fourth-order valence-corrected chi connectivity index (χ4v) is 2.48. The third-order valence-corrected chi connectivity index (χ3v) is 3.73. The van der Waals surface area contributed by atoms with Crippen molar-refractivity contribution in [2.75, 3.05) is 5.75 Å². The second kappa shape index (κ2) is 3.86. The van der Waals surface area contributed by atoms with E-state index in [2.05, 4.69) is 0 Å². The minimum Gasteiger partial charge on any atom is -0.224 e. The minimum atomic E-state index is -3.21. The van der Waals surface area contributed by atoms with Crippen molar-refractivity contribution in [1.82, 2.24) is 0 Å². The first-order valence-corrected chi connectivity index (χ1v) is 6.05. The molecule has 0 amide bonds. The van der Waals surface area contributed by atoms with Gasteiger partial charge in [0.25, 0.3) is 0 Å². The Bertz CT molecular complexity index is 392. The Kier molecular flexibility index (Phi) is 3.22. The van der Waals surface area contributed by atoms with Crippen LogP contribution in [0.2, 0.25) is 10.0 Å². The van der Waals surface area contributed by atoms with E-state index in [1.54, 1.807) is 6.92 Å². The lowest BCUT2D eigenvalue weighted by molar-refractivity contribution is 0.597. The van der Waals surface area contributed by atoms with Crippen LogP contribution in [0.4, 0.5) is 0 Å². The molecule has 72 valence electrons. The molecule has 0 N–H and O–H groups in total. The second-order valence-corrected chi connectivity index (χ2v) is 5.66. The summed E-state index contributed by atoms with van der Waals surface area (Å²) < 4.78 is 22.8. The van der Waals surface area contributed by atoms with Gasteiger partial charge in [-0.1, -0.05) is 30.1 Å². The van der Waals surface area contributed by atoms with E-state index in [1.807, 2.05) is 0 Å². The topological polar surface area (TPSA) is 34.1 Å². The molecule has 0 aromatic heterocycles. The van der Waals surface area contributed by atoms with Gasteiger partial charge in [-0.2, -0.15) is 0 Å². The molecular weight excluding hydrogens is 231 g/mol. The van der Waals surface area contributed by atoms with E-state index in [0.29, 0.717) is 10.0 Å². The van der Waals surface area contributed by atoms with Gasteiger partial charge in [-0.05, 0) is 18.2 Å². The Hall–Kier alpha value is -0.250. The highest BCUT2D eigenvalue weighted by atomic mass is 35.5. The molecule has 1 aromatic rings. The van der Waals surface area contributed by atoms with Crippen LogP contribution < -0.4 is 0 Å². The summed E-state index contributed by atoms with van der Waals surface area (Å²) in [6.45, 7) is 1.57.